The summed E-state index contributed by atoms with van der Waals surface area (Å²) in [6.45, 7) is 0. The van der Waals surface area contributed by atoms with Crippen molar-refractivity contribution in [2.24, 2.45) is 0 Å². The number of aromatic hydroxyl groups is 1. The summed E-state index contributed by atoms with van der Waals surface area (Å²) in [6.07, 6.45) is 0. The molecule has 90 valence electrons. The zero-order valence-corrected chi connectivity index (χ0v) is 9.75. The third-order valence-corrected chi connectivity index (χ3v) is 2.71. The van der Waals surface area contributed by atoms with Gasteiger partial charge in [0.05, 0.1) is 7.11 Å². The van der Waals surface area contributed by atoms with Crippen LogP contribution < -0.4 is 4.74 Å². The van der Waals surface area contributed by atoms with Gasteiger partial charge in [0.25, 0.3) is 0 Å². The van der Waals surface area contributed by atoms with E-state index in [1.807, 2.05) is 18.2 Å². The molecule has 2 aromatic carbocycles. The van der Waals surface area contributed by atoms with Gasteiger partial charge in [-0.15, -0.1) is 0 Å². The number of nitrogens with zero attached hydrogens (tertiary/aromatic N) is 1. The van der Waals surface area contributed by atoms with Gasteiger partial charge >= 0.3 is 0 Å². The molecule has 3 aromatic rings. The fraction of sp³-hybridized carbons (Fsp3) is 0.0714. The zero-order chi connectivity index (χ0) is 12.5. The summed E-state index contributed by atoms with van der Waals surface area (Å²) in [6, 6.07) is 12.3. The molecule has 1 N–H and O–H groups in total. The van der Waals surface area contributed by atoms with E-state index in [0.29, 0.717) is 17.2 Å². The minimum atomic E-state index is 0.215. The lowest BCUT2D eigenvalue weighted by Crippen LogP contribution is -1.81. The van der Waals surface area contributed by atoms with E-state index in [2.05, 4.69) is 4.98 Å². The number of hydrogen-bond donors (Lipinski definition) is 1. The second-order valence-corrected chi connectivity index (χ2v) is 3.87. The second kappa shape index (κ2) is 4.07. The maximum atomic E-state index is 9.25. The van der Waals surface area contributed by atoms with Crippen molar-refractivity contribution in [1.29, 1.82) is 0 Å². The van der Waals surface area contributed by atoms with E-state index in [1.165, 1.54) is 0 Å². The first kappa shape index (κ1) is 10.7. The van der Waals surface area contributed by atoms with E-state index in [9.17, 15) is 5.11 Å². The summed E-state index contributed by atoms with van der Waals surface area (Å²) < 4.78 is 10.9. The van der Waals surface area contributed by atoms with Gasteiger partial charge in [0.2, 0.25) is 5.89 Å². The Kier molecular flexibility index (Phi) is 2.41. The van der Waals surface area contributed by atoms with E-state index >= 15 is 0 Å². The molecule has 0 atom stereocenters. The van der Waals surface area contributed by atoms with Gasteiger partial charge in [-0.25, -0.2) is 4.98 Å². The van der Waals surface area contributed by atoms with E-state index in [0.717, 1.165) is 11.1 Å². The van der Waals surface area contributed by atoms with Crippen molar-refractivity contribution in [2.45, 2.75) is 0 Å². The van der Waals surface area contributed by atoms with Crippen LogP contribution in [0.4, 0.5) is 0 Å². The fourth-order valence-corrected chi connectivity index (χ4v) is 1.81. The maximum absolute atomic E-state index is 9.25. The van der Waals surface area contributed by atoms with Crippen LogP contribution >= 0.6 is 0 Å². The predicted octanol–water partition coefficient (Wildman–Crippen LogP) is 3.21. The standard InChI is InChI=1S/C14H11NO3/c1-17-12-4-2-3-11-13(12)18-14(15-11)9-5-7-10(16)8-6-9/h2-8,16H,1H3. The maximum Gasteiger partial charge on any atom is 0.227 e. The Morgan fingerprint density at radius 1 is 1.11 bits per heavy atom. The van der Waals surface area contributed by atoms with Crippen LogP contribution in [-0.4, -0.2) is 17.2 Å². The Labute approximate surface area is 103 Å². The van der Waals surface area contributed by atoms with E-state index in [4.69, 9.17) is 9.15 Å². The first-order chi connectivity index (χ1) is 8.78. The molecule has 4 heteroatoms. The number of oxazole rings is 1. The molecule has 0 unspecified atom stereocenters. The van der Waals surface area contributed by atoms with Gasteiger partial charge < -0.3 is 14.3 Å². The summed E-state index contributed by atoms with van der Waals surface area (Å²) in [5.74, 6) is 1.38. The quantitative estimate of drug-likeness (QED) is 0.748. The minimum Gasteiger partial charge on any atom is -0.508 e. The van der Waals surface area contributed by atoms with Crippen molar-refractivity contribution in [3.05, 3.63) is 42.5 Å². The summed E-state index contributed by atoms with van der Waals surface area (Å²) in [7, 11) is 1.59. The number of ether oxygens (including phenoxy) is 1. The monoisotopic (exact) mass is 241 g/mol. The highest BCUT2D eigenvalue weighted by molar-refractivity contribution is 5.81. The molecule has 0 amide bonds. The molecule has 1 aromatic heterocycles. The van der Waals surface area contributed by atoms with E-state index in [1.54, 1.807) is 31.4 Å². The number of phenolic OH excluding ortho intramolecular Hbond substituents is 1. The smallest absolute Gasteiger partial charge is 0.227 e. The van der Waals surface area contributed by atoms with E-state index in [-0.39, 0.29) is 5.75 Å². The molecule has 1 heterocycles. The molecule has 0 aliphatic carbocycles. The Morgan fingerprint density at radius 2 is 1.89 bits per heavy atom. The summed E-state index contributed by atoms with van der Waals surface area (Å²) in [4.78, 5) is 4.39. The number of methoxy groups -OCH3 is 1. The normalized spacial score (nSPS) is 10.7. The van der Waals surface area contributed by atoms with Crippen molar-refractivity contribution >= 4 is 11.1 Å². The highest BCUT2D eigenvalue weighted by atomic mass is 16.5. The number of phenols is 1. The average molecular weight is 241 g/mol. The van der Waals surface area contributed by atoms with Crippen molar-refractivity contribution in [3.8, 4) is 23.0 Å². The third kappa shape index (κ3) is 1.68. The molecule has 0 saturated carbocycles. The highest BCUT2D eigenvalue weighted by Crippen LogP contribution is 2.30. The largest absolute Gasteiger partial charge is 0.508 e. The van der Waals surface area contributed by atoms with Gasteiger partial charge in [0.15, 0.2) is 11.3 Å². The molecular formula is C14H11NO3. The van der Waals surface area contributed by atoms with Crippen LogP contribution in [0.3, 0.4) is 0 Å². The fourth-order valence-electron chi connectivity index (χ4n) is 1.81. The van der Waals surface area contributed by atoms with Crippen molar-refractivity contribution in [2.75, 3.05) is 7.11 Å². The first-order valence-electron chi connectivity index (χ1n) is 5.51. The Morgan fingerprint density at radius 3 is 2.61 bits per heavy atom. The van der Waals surface area contributed by atoms with Gasteiger partial charge in [-0.1, -0.05) is 6.07 Å². The van der Waals surface area contributed by atoms with Crippen LogP contribution in [0.2, 0.25) is 0 Å². The molecule has 0 aliphatic rings. The lowest BCUT2D eigenvalue weighted by Gasteiger charge is -1.97. The number of fused-ring (bicyclic) bond motifs is 1. The number of benzene rings is 2. The van der Waals surface area contributed by atoms with Gasteiger partial charge in [0, 0.05) is 5.56 Å². The molecular weight excluding hydrogens is 230 g/mol. The Hall–Kier alpha value is -2.49. The Bertz CT molecular complexity index is 686. The van der Waals surface area contributed by atoms with E-state index < -0.39 is 0 Å². The van der Waals surface area contributed by atoms with Crippen LogP contribution in [-0.2, 0) is 0 Å². The number of rotatable bonds is 2. The molecule has 0 fully saturated rings. The van der Waals surface area contributed by atoms with Crippen molar-refractivity contribution < 1.29 is 14.3 Å². The second-order valence-electron chi connectivity index (χ2n) is 3.87. The molecule has 4 nitrogen and oxygen atoms in total. The summed E-state index contributed by atoms with van der Waals surface area (Å²) in [5, 5.41) is 9.25. The molecule has 0 aliphatic heterocycles. The highest BCUT2D eigenvalue weighted by Gasteiger charge is 2.11. The minimum absolute atomic E-state index is 0.215. The molecule has 0 saturated heterocycles. The van der Waals surface area contributed by atoms with Crippen LogP contribution in [0.15, 0.2) is 46.9 Å². The lowest BCUT2D eigenvalue weighted by molar-refractivity contribution is 0.411. The first-order valence-corrected chi connectivity index (χ1v) is 5.51. The molecule has 3 rings (SSSR count). The number of hydrogen-bond acceptors (Lipinski definition) is 4. The van der Waals surface area contributed by atoms with Crippen LogP contribution in [0.1, 0.15) is 0 Å². The van der Waals surface area contributed by atoms with Gasteiger partial charge in [-0.3, -0.25) is 0 Å². The van der Waals surface area contributed by atoms with Gasteiger partial charge in [-0.05, 0) is 36.4 Å². The van der Waals surface area contributed by atoms with Gasteiger partial charge in [0.1, 0.15) is 11.3 Å². The number of aromatic nitrogens is 1. The van der Waals surface area contributed by atoms with Crippen LogP contribution in [0, 0.1) is 0 Å². The zero-order valence-electron chi connectivity index (χ0n) is 9.75. The number of para-hydroxylation sites is 1. The summed E-state index contributed by atoms with van der Waals surface area (Å²) >= 11 is 0. The SMILES string of the molecule is COc1cccc2nc(-c3ccc(O)cc3)oc12. The summed E-state index contributed by atoms with van der Waals surface area (Å²) in [5.41, 5.74) is 2.19. The average Bonchev–Trinajstić information content (AvgIpc) is 2.83. The lowest BCUT2D eigenvalue weighted by atomic mass is 10.2. The Balaban J connectivity index is 2.16. The predicted molar refractivity (Wildman–Crippen MR) is 67.7 cm³/mol. The van der Waals surface area contributed by atoms with Crippen molar-refractivity contribution in [3.63, 3.8) is 0 Å². The van der Waals surface area contributed by atoms with Crippen LogP contribution in [0.25, 0.3) is 22.6 Å². The van der Waals surface area contributed by atoms with Crippen molar-refractivity contribution in [1.82, 2.24) is 4.98 Å². The van der Waals surface area contributed by atoms with Gasteiger partial charge in [-0.2, -0.15) is 0 Å². The molecule has 0 bridgehead atoms. The molecule has 0 radical (unpaired) electrons. The molecule has 18 heavy (non-hydrogen) atoms. The third-order valence-electron chi connectivity index (χ3n) is 2.71. The van der Waals surface area contributed by atoms with Crippen LogP contribution in [0.5, 0.6) is 11.5 Å². The molecule has 0 spiro atoms. The topological polar surface area (TPSA) is 55.5 Å².